The summed E-state index contributed by atoms with van der Waals surface area (Å²) in [5, 5.41) is 25.4. The topological polar surface area (TPSA) is 94.8 Å². The van der Waals surface area contributed by atoms with E-state index in [0.29, 0.717) is 0 Å². The molecule has 0 radical (unpaired) electrons. The largest absolute Gasteiger partial charge is 0.481 e. The van der Waals surface area contributed by atoms with Crippen LogP contribution in [-0.4, -0.2) is 33.4 Å². The zero-order chi connectivity index (χ0) is 9.02. The first-order valence-corrected chi connectivity index (χ1v) is 3.07. The molecule has 0 aliphatic carbocycles. The van der Waals surface area contributed by atoms with Crippen LogP contribution in [0.5, 0.6) is 0 Å². The second-order valence-electron chi connectivity index (χ2n) is 2.29. The van der Waals surface area contributed by atoms with Crippen LogP contribution < -0.4 is 0 Å². The summed E-state index contributed by atoms with van der Waals surface area (Å²) in [7, 11) is 0. The Bertz CT molecular complexity index is 164. The van der Waals surface area contributed by atoms with Crippen molar-refractivity contribution in [1.82, 2.24) is 0 Å². The van der Waals surface area contributed by atoms with E-state index in [4.69, 9.17) is 15.3 Å². The van der Waals surface area contributed by atoms with Crippen LogP contribution in [0.25, 0.3) is 0 Å². The van der Waals surface area contributed by atoms with Gasteiger partial charge in [-0.3, -0.25) is 9.59 Å². The highest BCUT2D eigenvalue weighted by atomic mass is 16.4. The molecule has 0 aromatic carbocycles. The molecule has 0 aromatic rings. The van der Waals surface area contributed by atoms with Crippen molar-refractivity contribution < 1.29 is 24.9 Å². The highest BCUT2D eigenvalue weighted by Gasteiger charge is 2.23. The van der Waals surface area contributed by atoms with E-state index in [1.165, 1.54) is 6.92 Å². The van der Waals surface area contributed by atoms with Crippen molar-refractivity contribution in [2.45, 2.75) is 19.4 Å². The number of carbonyl (C=O) groups is 2. The Morgan fingerprint density at radius 3 is 2.09 bits per heavy atom. The van der Waals surface area contributed by atoms with Gasteiger partial charge in [0, 0.05) is 0 Å². The fraction of sp³-hybridized carbons (Fsp3) is 0.667. The lowest BCUT2D eigenvalue weighted by Gasteiger charge is -2.11. The van der Waals surface area contributed by atoms with Gasteiger partial charge >= 0.3 is 11.9 Å². The van der Waals surface area contributed by atoms with Crippen LogP contribution in [0.1, 0.15) is 13.3 Å². The number of aliphatic hydroxyl groups excluding tert-OH is 1. The molecule has 0 saturated carbocycles. The molecule has 2 unspecified atom stereocenters. The molecular weight excluding hydrogens is 152 g/mol. The Morgan fingerprint density at radius 1 is 1.36 bits per heavy atom. The smallest absolute Gasteiger partial charge is 0.308 e. The third-order valence-corrected chi connectivity index (χ3v) is 1.35. The molecule has 0 aliphatic heterocycles. The quantitative estimate of drug-likeness (QED) is 0.520. The summed E-state index contributed by atoms with van der Waals surface area (Å²) in [6.07, 6.45) is -1.85. The molecule has 2 atom stereocenters. The first kappa shape index (κ1) is 9.90. The molecule has 5 heteroatoms. The van der Waals surface area contributed by atoms with Gasteiger partial charge in [0.2, 0.25) is 0 Å². The van der Waals surface area contributed by atoms with Crippen LogP contribution in [0.2, 0.25) is 0 Å². The molecule has 0 aromatic heterocycles. The van der Waals surface area contributed by atoms with Crippen LogP contribution in [0.15, 0.2) is 0 Å². The Kier molecular flexibility index (Phi) is 3.53. The fourth-order valence-electron chi connectivity index (χ4n) is 0.520. The summed E-state index contributed by atoms with van der Waals surface area (Å²) in [4.78, 5) is 20.2. The van der Waals surface area contributed by atoms with Crippen LogP contribution in [-0.2, 0) is 9.59 Å². The van der Waals surface area contributed by atoms with E-state index in [9.17, 15) is 9.59 Å². The van der Waals surface area contributed by atoms with Crippen molar-refractivity contribution in [2.24, 2.45) is 5.92 Å². The Morgan fingerprint density at radius 2 is 1.82 bits per heavy atom. The second kappa shape index (κ2) is 3.92. The minimum absolute atomic E-state index is 0.534. The molecule has 0 saturated heterocycles. The lowest BCUT2D eigenvalue weighted by atomic mass is 10.0. The average molecular weight is 162 g/mol. The van der Waals surface area contributed by atoms with Crippen LogP contribution in [0, 0.1) is 5.92 Å². The summed E-state index contributed by atoms with van der Waals surface area (Å²) < 4.78 is 0. The molecule has 64 valence electrons. The maximum absolute atomic E-state index is 10.2. The zero-order valence-corrected chi connectivity index (χ0v) is 6.02. The van der Waals surface area contributed by atoms with Gasteiger partial charge in [0.15, 0.2) is 0 Å². The summed E-state index contributed by atoms with van der Waals surface area (Å²) in [6, 6.07) is 0. The Hall–Kier alpha value is -1.10. The standard InChI is InChI=1S/C6H10O5/c1-3(6(10)11)4(7)2-5(8)9/h3-4,7H,2H2,1H3,(H,8,9)(H,10,11). The van der Waals surface area contributed by atoms with Crippen LogP contribution in [0.3, 0.4) is 0 Å². The third-order valence-electron chi connectivity index (χ3n) is 1.35. The van der Waals surface area contributed by atoms with Gasteiger partial charge in [-0.1, -0.05) is 0 Å². The molecular formula is C6H10O5. The van der Waals surface area contributed by atoms with Crippen molar-refractivity contribution >= 4 is 11.9 Å². The predicted molar refractivity (Wildman–Crippen MR) is 35.1 cm³/mol. The number of carboxylic acids is 2. The van der Waals surface area contributed by atoms with E-state index in [0.717, 1.165) is 0 Å². The van der Waals surface area contributed by atoms with Gasteiger partial charge in [0.1, 0.15) is 0 Å². The Labute approximate surface area is 63.3 Å². The number of aliphatic carboxylic acids is 2. The zero-order valence-electron chi connectivity index (χ0n) is 6.02. The molecule has 3 N–H and O–H groups in total. The van der Waals surface area contributed by atoms with E-state index in [1.807, 2.05) is 0 Å². The van der Waals surface area contributed by atoms with E-state index < -0.39 is 30.4 Å². The van der Waals surface area contributed by atoms with Crippen molar-refractivity contribution in [3.8, 4) is 0 Å². The molecule has 5 nitrogen and oxygen atoms in total. The van der Waals surface area contributed by atoms with E-state index in [1.54, 1.807) is 0 Å². The molecule has 0 spiro atoms. The fourth-order valence-corrected chi connectivity index (χ4v) is 0.520. The van der Waals surface area contributed by atoms with Crippen molar-refractivity contribution in [2.75, 3.05) is 0 Å². The molecule has 0 amide bonds. The maximum atomic E-state index is 10.2. The van der Waals surface area contributed by atoms with Gasteiger partial charge in [-0.25, -0.2) is 0 Å². The normalized spacial score (nSPS) is 15.5. The molecule has 0 rings (SSSR count). The second-order valence-corrected chi connectivity index (χ2v) is 2.29. The lowest BCUT2D eigenvalue weighted by Crippen LogP contribution is -2.27. The van der Waals surface area contributed by atoms with Gasteiger partial charge in [0.05, 0.1) is 18.4 Å². The summed E-state index contributed by atoms with van der Waals surface area (Å²) in [6.45, 7) is 1.26. The molecule has 0 heterocycles. The van der Waals surface area contributed by atoms with Crippen molar-refractivity contribution in [3.63, 3.8) is 0 Å². The van der Waals surface area contributed by atoms with Gasteiger partial charge in [-0.15, -0.1) is 0 Å². The van der Waals surface area contributed by atoms with Crippen LogP contribution in [0.4, 0.5) is 0 Å². The summed E-state index contributed by atoms with van der Waals surface area (Å²) in [5.74, 6) is -3.43. The monoisotopic (exact) mass is 162 g/mol. The number of carboxylic acid groups (broad SMARTS) is 2. The van der Waals surface area contributed by atoms with Gasteiger partial charge in [-0.2, -0.15) is 0 Å². The number of rotatable bonds is 4. The predicted octanol–water partition coefficient (Wildman–Crippen LogP) is -0.457. The molecule has 0 aliphatic rings. The molecule has 11 heavy (non-hydrogen) atoms. The van der Waals surface area contributed by atoms with Crippen molar-refractivity contribution in [1.29, 1.82) is 0 Å². The maximum Gasteiger partial charge on any atom is 0.308 e. The molecule has 0 bridgehead atoms. The average Bonchev–Trinajstić information content (AvgIpc) is 1.84. The number of aliphatic hydroxyl groups is 1. The van der Waals surface area contributed by atoms with E-state index in [2.05, 4.69) is 0 Å². The van der Waals surface area contributed by atoms with Gasteiger partial charge < -0.3 is 15.3 Å². The Balaban J connectivity index is 3.92. The van der Waals surface area contributed by atoms with Gasteiger partial charge in [0.25, 0.3) is 0 Å². The van der Waals surface area contributed by atoms with E-state index >= 15 is 0 Å². The first-order chi connectivity index (χ1) is 4.95. The SMILES string of the molecule is CC(C(=O)O)C(O)CC(=O)O. The molecule has 0 fully saturated rings. The third kappa shape index (κ3) is 3.57. The van der Waals surface area contributed by atoms with Crippen LogP contribution >= 0.6 is 0 Å². The van der Waals surface area contributed by atoms with Crippen molar-refractivity contribution in [3.05, 3.63) is 0 Å². The number of hydrogen-bond acceptors (Lipinski definition) is 3. The minimum Gasteiger partial charge on any atom is -0.481 e. The number of hydrogen-bond donors (Lipinski definition) is 3. The van der Waals surface area contributed by atoms with E-state index in [-0.39, 0.29) is 0 Å². The van der Waals surface area contributed by atoms with Gasteiger partial charge in [-0.05, 0) is 6.92 Å². The highest BCUT2D eigenvalue weighted by molar-refractivity contribution is 5.73. The minimum atomic E-state index is -1.31. The highest BCUT2D eigenvalue weighted by Crippen LogP contribution is 2.06. The lowest BCUT2D eigenvalue weighted by molar-refractivity contribution is -0.147. The summed E-state index contributed by atoms with van der Waals surface area (Å²) in [5.41, 5.74) is 0. The first-order valence-electron chi connectivity index (χ1n) is 3.07. The summed E-state index contributed by atoms with van der Waals surface area (Å²) >= 11 is 0.